The van der Waals surface area contributed by atoms with Crippen molar-refractivity contribution in [3.8, 4) is 5.75 Å². The molecule has 264 valence electrons. The van der Waals surface area contributed by atoms with Gasteiger partial charge in [0, 0.05) is 56.4 Å². The second kappa shape index (κ2) is 15.2. The fourth-order valence-electron chi connectivity index (χ4n) is 8.39. The second-order valence-corrected chi connectivity index (χ2v) is 13.0. The van der Waals surface area contributed by atoms with Crippen molar-refractivity contribution in [3.63, 3.8) is 0 Å². The predicted molar refractivity (Wildman–Crippen MR) is 193 cm³/mol. The lowest BCUT2D eigenvalue weighted by atomic mass is 9.64. The first kappa shape index (κ1) is 36.1. The zero-order chi connectivity index (χ0) is 35.3. The van der Waals surface area contributed by atoms with E-state index in [1.807, 2.05) is 62.4 Å². The molecular formula is C39H52N4O6. The van der Waals surface area contributed by atoms with Crippen LogP contribution < -0.4 is 19.4 Å². The standard InChI is InChI=1S/C39H52N4O6/c1-7-24-41(30-18-20-31(21-19-30)48-12-6)35(45)32-33-36(46)43(26-13-27-44)34(39(33)23-22-38(32,9-3)49-39)37(47)42(25-8-2)29-16-14-28(15-17-29)40(10-4)11-5/h7-8,14-21,32-34,44H,1-2,9-13,22-27H2,3-6H3/t32-,33+,34?,38+,39?/m1/s1. The van der Waals surface area contributed by atoms with E-state index < -0.39 is 29.1 Å². The van der Waals surface area contributed by atoms with Gasteiger partial charge in [0.15, 0.2) is 0 Å². The Kier molecular flexibility index (Phi) is 11.2. The molecule has 0 radical (unpaired) electrons. The smallest absolute Gasteiger partial charge is 0.253 e. The van der Waals surface area contributed by atoms with E-state index in [9.17, 15) is 19.5 Å². The predicted octanol–water partition coefficient (Wildman–Crippen LogP) is 5.21. The SMILES string of the molecule is C=CCN(C(=O)C1N(CCCO)C(=O)[C@@H]2[C@H](C(=O)N(CC=C)c3ccc(OCC)cc3)[C@]3(CC)CCC12O3)c1ccc(N(CC)CC)cc1. The van der Waals surface area contributed by atoms with Crippen molar-refractivity contribution in [3.05, 3.63) is 73.8 Å². The van der Waals surface area contributed by atoms with Crippen molar-refractivity contribution in [2.24, 2.45) is 11.8 Å². The number of nitrogens with zero attached hydrogens (tertiary/aromatic N) is 4. The Hall–Kier alpha value is -4.15. The Bertz CT molecular complexity index is 1510. The molecule has 2 aromatic carbocycles. The Balaban J connectivity index is 1.56. The second-order valence-electron chi connectivity index (χ2n) is 13.0. The van der Waals surface area contributed by atoms with Crippen LogP contribution in [0, 0.1) is 11.8 Å². The number of aliphatic hydroxyl groups is 1. The van der Waals surface area contributed by atoms with Gasteiger partial charge in [-0.15, -0.1) is 13.2 Å². The summed E-state index contributed by atoms with van der Waals surface area (Å²) >= 11 is 0. The number of anilines is 3. The molecule has 10 heteroatoms. The summed E-state index contributed by atoms with van der Waals surface area (Å²) in [6, 6.07) is 14.2. The van der Waals surface area contributed by atoms with Gasteiger partial charge in [0.05, 0.1) is 24.0 Å². The van der Waals surface area contributed by atoms with Crippen molar-refractivity contribution in [2.45, 2.75) is 70.6 Å². The third-order valence-electron chi connectivity index (χ3n) is 10.6. The number of carbonyl (C=O) groups excluding carboxylic acids is 3. The third-order valence-corrected chi connectivity index (χ3v) is 10.6. The van der Waals surface area contributed by atoms with E-state index in [-0.39, 0.29) is 44.0 Å². The normalized spacial score (nSPS) is 25.2. The van der Waals surface area contributed by atoms with Crippen LogP contribution in [-0.2, 0) is 19.1 Å². The van der Waals surface area contributed by atoms with Crippen LogP contribution in [-0.4, -0.2) is 90.9 Å². The zero-order valence-electron chi connectivity index (χ0n) is 29.5. The van der Waals surface area contributed by atoms with E-state index >= 15 is 0 Å². The van der Waals surface area contributed by atoms with Crippen molar-refractivity contribution in [1.82, 2.24) is 4.90 Å². The molecule has 5 rings (SSSR count). The van der Waals surface area contributed by atoms with Crippen molar-refractivity contribution < 1.29 is 29.0 Å². The van der Waals surface area contributed by atoms with Crippen LogP contribution in [0.25, 0.3) is 0 Å². The number of ether oxygens (including phenoxy) is 2. The van der Waals surface area contributed by atoms with Crippen LogP contribution in [0.2, 0.25) is 0 Å². The number of benzene rings is 2. The number of aliphatic hydroxyl groups excluding tert-OH is 1. The Morgan fingerprint density at radius 3 is 2.02 bits per heavy atom. The van der Waals surface area contributed by atoms with Crippen molar-refractivity contribution in [1.29, 1.82) is 0 Å². The molecule has 0 saturated carbocycles. The van der Waals surface area contributed by atoms with Gasteiger partial charge in [-0.25, -0.2) is 0 Å². The van der Waals surface area contributed by atoms with Crippen LogP contribution in [0.1, 0.15) is 53.4 Å². The van der Waals surface area contributed by atoms with Gasteiger partial charge in [0.2, 0.25) is 11.8 Å². The third kappa shape index (κ3) is 6.25. The Morgan fingerprint density at radius 1 is 0.918 bits per heavy atom. The number of likely N-dealkylation sites (tertiary alicyclic amines) is 1. The van der Waals surface area contributed by atoms with Crippen molar-refractivity contribution in [2.75, 3.05) is 60.6 Å². The van der Waals surface area contributed by atoms with Crippen LogP contribution in [0.5, 0.6) is 5.75 Å². The molecule has 5 atom stereocenters. The summed E-state index contributed by atoms with van der Waals surface area (Å²) < 4.78 is 12.7. The fourth-order valence-corrected chi connectivity index (χ4v) is 8.39. The molecule has 49 heavy (non-hydrogen) atoms. The highest BCUT2D eigenvalue weighted by Gasteiger charge is 2.79. The molecule has 3 saturated heterocycles. The first-order valence-electron chi connectivity index (χ1n) is 17.7. The highest BCUT2D eigenvalue weighted by atomic mass is 16.5. The maximum absolute atomic E-state index is 14.9. The maximum Gasteiger partial charge on any atom is 0.253 e. The molecule has 2 aromatic rings. The minimum Gasteiger partial charge on any atom is -0.494 e. The number of carbonyl (C=O) groups is 3. The summed E-state index contributed by atoms with van der Waals surface area (Å²) in [6.45, 7) is 18.7. The molecule has 2 unspecified atom stereocenters. The van der Waals surface area contributed by atoms with E-state index in [4.69, 9.17) is 9.47 Å². The summed E-state index contributed by atoms with van der Waals surface area (Å²) in [5, 5.41) is 9.82. The van der Waals surface area contributed by atoms with E-state index in [1.165, 1.54) is 0 Å². The summed E-state index contributed by atoms with van der Waals surface area (Å²) in [5.41, 5.74) is 0.308. The van der Waals surface area contributed by atoms with E-state index in [0.29, 0.717) is 49.4 Å². The molecule has 10 nitrogen and oxygen atoms in total. The first-order chi connectivity index (χ1) is 23.7. The maximum atomic E-state index is 14.9. The topological polar surface area (TPSA) is 103 Å². The van der Waals surface area contributed by atoms with Crippen LogP contribution in [0.15, 0.2) is 73.8 Å². The van der Waals surface area contributed by atoms with Crippen LogP contribution in [0.3, 0.4) is 0 Å². The lowest BCUT2D eigenvalue weighted by Gasteiger charge is -2.37. The van der Waals surface area contributed by atoms with Gasteiger partial charge < -0.3 is 34.2 Å². The number of fused-ring (bicyclic) bond motifs is 1. The molecule has 3 fully saturated rings. The minimum atomic E-state index is -1.20. The van der Waals surface area contributed by atoms with Gasteiger partial charge in [-0.2, -0.15) is 0 Å². The highest BCUT2D eigenvalue weighted by molar-refractivity contribution is 6.07. The number of amides is 3. The lowest BCUT2D eigenvalue weighted by molar-refractivity contribution is -0.146. The highest BCUT2D eigenvalue weighted by Crippen LogP contribution is 2.65. The largest absolute Gasteiger partial charge is 0.494 e. The van der Waals surface area contributed by atoms with Crippen LogP contribution in [0.4, 0.5) is 17.1 Å². The molecule has 3 heterocycles. The van der Waals surface area contributed by atoms with Gasteiger partial charge >= 0.3 is 0 Å². The average molecular weight is 673 g/mol. The Morgan fingerprint density at radius 2 is 1.49 bits per heavy atom. The zero-order valence-corrected chi connectivity index (χ0v) is 29.5. The summed E-state index contributed by atoms with van der Waals surface area (Å²) in [7, 11) is 0. The molecule has 2 bridgehead atoms. The van der Waals surface area contributed by atoms with E-state index in [2.05, 4.69) is 31.9 Å². The molecule has 1 spiro atoms. The lowest BCUT2D eigenvalue weighted by Crippen LogP contribution is -2.56. The number of rotatable bonds is 17. The van der Waals surface area contributed by atoms with Gasteiger partial charge in [0.1, 0.15) is 17.4 Å². The van der Waals surface area contributed by atoms with Crippen LogP contribution >= 0.6 is 0 Å². The molecule has 0 aliphatic carbocycles. The van der Waals surface area contributed by atoms with Gasteiger partial charge in [-0.3, -0.25) is 14.4 Å². The van der Waals surface area contributed by atoms with Gasteiger partial charge in [0.25, 0.3) is 5.91 Å². The number of hydrogen-bond donors (Lipinski definition) is 1. The molecular weight excluding hydrogens is 620 g/mol. The summed E-state index contributed by atoms with van der Waals surface area (Å²) in [5.74, 6) is -1.74. The Labute approximate surface area is 290 Å². The van der Waals surface area contributed by atoms with Gasteiger partial charge in [-0.1, -0.05) is 19.1 Å². The molecule has 3 aliphatic rings. The van der Waals surface area contributed by atoms with Gasteiger partial charge in [-0.05, 0) is 95.0 Å². The summed E-state index contributed by atoms with van der Waals surface area (Å²) in [4.78, 5) is 51.5. The monoisotopic (exact) mass is 672 g/mol. The molecule has 3 amide bonds. The fraction of sp³-hybridized carbons (Fsp3) is 0.513. The molecule has 0 aromatic heterocycles. The van der Waals surface area contributed by atoms with E-state index in [0.717, 1.165) is 18.8 Å². The average Bonchev–Trinajstić information content (AvgIpc) is 3.73. The molecule has 1 N–H and O–H groups in total. The number of hydrogen-bond acceptors (Lipinski definition) is 7. The quantitative estimate of drug-likeness (QED) is 0.230. The minimum absolute atomic E-state index is 0.140. The first-order valence-corrected chi connectivity index (χ1v) is 17.7. The van der Waals surface area contributed by atoms with Crippen molar-refractivity contribution >= 4 is 34.8 Å². The summed E-state index contributed by atoms with van der Waals surface area (Å²) in [6.07, 6.45) is 5.18. The van der Waals surface area contributed by atoms with E-state index in [1.54, 1.807) is 26.9 Å². The molecule has 3 aliphatic heterocycles.